The molecule has 31 heavy (non-hydrogen) atoms. The Balaban J connectivity index is 1.93. The van der Waals surface area contributed by atoms with Crippen LogP contribution in [-0.2, 0) is 9.59 Å². The van der Waals surface area contributed by atoms with Crippen molar-refractivity contribution >= 4 is 40.4 Å². The van der Waals surface area contributed by atoms with Gasteiger partial charge in [0.1, 0.15) is 5.70 Å². The van der Waals surface area contributed by atoms with Gasteiger partial charge in [-0.25, -0.2) is 4.90 Å². The lowest BCUT2D eigenvalue weighted by Gasteiger charge is -2.25. The number of rotatable bonds is 5. The Morgan fingerprint density at radius 3 is 2.23 bits per heavy atom. The normalized spacial score (nSPS) is 13.9. The number of benzene rings is 3. The van der Waals surface area contributed by atoms with E-state index in [9.17, 15) is 9.59 Å². The van der Waals surface area contributed by atoms with Crippen molar-refractivity contribution in [1.82, 2.24) is 0 Å². The SMILES string of the molecule is CCN(C1=C(c2ccc(C)c(C)c2)C(=O)N(c2cccc(Cl)c2)C1=O)c1ccccc1. The molecule has 0 atom stereocenters. The first kappa shape index (κ1) is 20.9. The molecule has 0 saturated carbocycles. The van der Waals surface area contributed by atoms with Crippen molar-refractivity contribution in [1.29, 1.82) is 0 Å². The number of halogens is 1. The minimum Gasteiger partial charge on any atom is -0.337 e. The molecule has 2 amide bonds. The highest BCUT2D eigenvalue weighted by Crippen LogP contribution is 2.37. The molecule has 0 bridgehead atoms. The molecular weight excluding hydrogens is 408 g/mol. The van der Waals surface area contributed by atoms with E-state index < -0.39 is 0 Å². The second-order valence-corrected chi connectivity index (χ2v) is 7.96. The van der Waals surface area contributed by atoms with Crippen molar-refractivity contribution in [3.8, 4) is 0 Å². The topological polar surface area (TPSA) is 40.6 Å². The van der Waals surface area contributed by atoms with Crippen LogP contribution in [-0.4, -0.2) is 18.4 Å². The highest BCUT2D eigenvalue weighted by Gasteiger charge is 2.42. The van der Waals surface area contributed by atoms with E-state index in [0.29, 0.717) is 28.5 Å². The number of likely N-dealkylation sites (N-methyl/N-ethyl adjacent to an activating group) is 1. The zero-order valence-corrected chi connectivity index (χ0v) is 18.5. The molecule has 5 heteroatoms. The predicted molar refractivity (Wildman–Crippen MR) is 126 cm³/mol. The fourth-order valence-electron chi connectivity index (χ4n) is 3.85. The van der Waals surface area contributed by atoms with E-state index in [1.165, 1.54) is 4.90 Å². The van der Waals surface area contributed by atoms with Gasteiger partial charge in [-0.2, -0.15) is 0 Å². The molecule has 0 aliphatic carbocycles. The second kappa shape index (κ2) is 8.40. The fourth-order valence-corrected chi connectivity index (χ4v) is 4.04. The maximum Gasteiger partial charge on any atom is 0.282 e. The molecule has 0 N–H and O–H groups in total. The Bertz CT molecular complexity index is 1200. The average Bonchev–Trinajstić information content (AvgIpc) is 3.02. The van der Waals surface area contributed by atoms with Gasteiger partial charge in [0, 0.05) is 17.3 Å². The Kier molecular flexibility index (Phi) is 5.66. The summed E-state index contributed by atoms with van der Waals surface area (Å²) in [4.78, 5) is 30.5. The van der Waals surface area contributed by atoms with Crippen molar-refractivity contribution < 1.29 is 9.59 Å². The van der Waals surface area contributed by atoms with E-state index in [0.717, 1.165) is 22.4 Å². The summed E-state index contributed by atoms with van der Waals surface area (Å²) in [5.41, 5.74) is 5.02. The van der Waals surface area contributed by atoms with Gasteiger partial charge >= 0.3 is 0 Å². The Hall–Kier alpha value is -3.37. The lowest BCUT2D eigenvalue weighted by molar-refractivity contribution is -0.120. The number of para-hydroxylation sites is 1. The van der Waals surface area contributed by atoms with Gasteiger partial charge in [0.05, 0.1) is 11.3 Å². The van der Waals surface area contributed by atoms with Crippen molar-refractivity contribution in [2.45, 2.75) is 20.8 Å². The van der Waals surface area contributed by atoms with Crippen LogP contribution in [0.4, 0.5) is 11.4 Å². The van der Waals surface area contributed by atoms with Crippen LogP contribution >= 0.6 is 11.6 Å². The number of imide groups is 1. The third-order valence-electron chi connectivity index (χ3n) is 5.58. The maximum atomic E-state index is 13.7. The first-order valence-electron chi connectivity index (χ1n) is 10.2. The first-order valence-corrected chi connectivity index (χ1v) is 10.6. The van der Waals surface area contributed by atoms with E-state index in [4.69, 9.17) is 11.6 Å². The first-order chi connectivity index (χ1) is 14.9. The van der Waals surface area contributed by atoms with E-state index in [2.05, 4.69) is 0 Å². The Morgan fingerprint density at radius 1 is 0.839 bits per heavy atom. The van der Waals surface area contributed by atoms with Gasteiger partial charge in [0.2, 0.25) is 0 Å². The van der Waals surface area contributed by atoms with Crippen LogP contribution in [0, 0.1) is 13.8 Å². The van der Waals surface area contributed by atoms with Crippen molar-refractivity contribution in [3.05, 3.63) is 100 Å². The molecule has 156 valence electrons. The zero-order chi connectivity index (χ0) is 22.1. The van der Waals surface area contributed by atoms with Gasteiger partial charge in [0.15, 0.2) is 0 Å². The van der Waals surface area contributed by atoms with Crippen LogP contribution in [0.5, 0.6) is 0 Å². The molecule has 1 heterocycles. The summed E-state index contributed by atoms with van der Waals surface area (Å²) in [6.45, 7) is 6.54. The van der Waals surface area contributed by atoms with Gasteiger partial charge in [0.25, 0.3) is 11.8 Å². The van der Waals surface area contributed by atoms with Crippen LogP contribution in [0.15, 0.2) is 78.5 Å². The summed E-state index contributed by atoms with van der Waals surface area (Å²) in [7, 11) is 0. The largest absolute Gasteiger partial charge is 0.337 e. The zero-order valence-electron chi connectivity index (χ0n) is 17.7. The molecule has 4 nitrogen and oxygen atoms in total. The lowest BCUT2D eigenvalue weighted by Crippen LogP contribution is -2.35. The van der Waals surface area contributed by atoms with Gasteiger partial charge in [-0.05, 0) is 67.8 Å². The highest BCUT2D eigenvalue weighted by molar-refractivity contribution is 6.46. The molecule has 4 rings (SSSR count). The van der Waals surface area contributed by atoms with Crippen LogP contribution in [0.25, 0.3) is 5.57 Å². The number of carbonyl (C=O) groups excluding carboxylic acids is 2. The van der Waals surface area contributed by atoms with Gasteiger partial charge < -0.3 is 4.90 Å². The third kappa shape index (κ3) is 3.75. The molecule has 0 saturated heterocycles. The Morgan fingerprint density at radius 2 is 1.58 bits per heavy atom. The van der Waals surface area contributed by atoms with E-state index >= 15 is 0 Å². The lowest BCUT2D eigenvalue weighted by atomic mass is 9.99. The van der Waals surface area contributed by atoms with E-state index in [-0.39, 0.29) is 11.8 Å². The van der Waals surface area contributed by atoms with Crippen molar-refractivity contribution in [2.24, 2.45) is 0 Å². The van der Waals surface area contributed by atoms with Gasteiger partial charge in [-0.15, -0.1) is 0 Å². The summed E-state index contributed by atoms with van der Waals surface area (Å²) in [6, 6.07) is 22.3. The molecule has 3 aromatic rings. The number of hydrogen-bond donors (Lipinski definition) is 0. The van der Waals surface area contributed by atoms with Crippen LogP contribution < -0.4 is 9.80 Å². The average molecular weight is 431 g/mol. The highest BCUT2D eigenvalue weighted by atomic mass is 35.5. The summed E-state index contributed by atoms with van der Waals surface area (Å²) >= 11 is 6.16. The van der Waals surface area contributed by atoms with Gasteiger partial charge in [-0.3, -0.25) is 9.59 Å². The number of carbonyl (C=O) groups is 2. The smallest absolute Gasteiger partial charge is 0.282 e. The molecular formula is C26H23ClN2O2. The molecule has 0 radical (unpaired) electrons. The summed E-state index contributed by atoms with van der Waals surface area (Å²) < 4.78 is 0. The minimum absolute atomic E-state index is 0.347. The molecule has 1 aliphatic rings. The quantitative estimate of drug-likeness (QED) is 0.482. The Labute approximate surface area is 187 Å². The standard InChI is InChI=1S/C26H23ClN2O2/c1-4-28(21-10-6-5-7-11-21)24-23(19-14-13-17(2)18(3)15-19)25(30)29(26(24)31)22-12-8-9-20(27)16-22/h5-16H,4H2,1-3H3. The van der Waals surface area contributed by atoms with Crippen molar-refractivity contribution in [2.75, 3.05) is 16.3 Å². The molecule has 1 aliphatic heterocycles. The van der Waals surface area contributed by atoms with Crippen molar-refractivity contribution in [3.63, 3.8) is 0 Å². The summed E-state index contributed by atoms with van der Waals surface area (Å²) in [5, 5.41) is 0.467. The summed E-state index contributed by atoms with van der Waals surface area (Å²) in [6.07, 6.45) is 0. The fraction of sp³-hybridized carbons (Fsp3) is 0.154. The second-order valence-electron chi connectivity index (χ2n) is 7.53. The summed E-state index contributed by atoms with van der Waals surface area (Å²) in [5.74, 6) is -0.703. The van der Waals surface area contributed by atoms with Crippen LogP contribution in [0.3, 0.4) is 0 Å². The maximum absolute atomic E-state index is 13.7. The number of amides is 2. The number of aryl methyl sites for hydroxylation is 2. The van der Waals surface area contributed by atoms with Crippen LogP contribution in [0.2, 0.25) is 5.02 Å². The number of nitrogens with zero attached hydrogens (tertiary/aromatic N) is 2. The molecule has 3 aromatic carbocycles. The molecule has 0 fully saturated rings. The predicted octanol–water partition coefficient (Wildman–Crippen LogP) is 5.77. The van der Waals surface area contributed by atoms with Gasteiger partial charge in [-0.1, -0.05) is 54.1 Å². The minimum atomic E-state index is -0.355. The van der Waals surface area contributed by atoms with E-state index in [1.807, 2.05) is 74.2 Å². The molecule has 0 unspecified atom stereocenters. The monoisotopic (exact) mass is 430 g/mol. The van der Waals surface area contributed by atoms with Crippen LogP contribution in [0.1, 0.15) is 23.6 Å². The molecule has 0 aromatic heterocycles. The number of hydrogen-bond acceptors (Lipinski definition) is 3. The third-order valence-corrected chi connectivity index (χ3v) is 5.81. The van der Waals surface area contributed by atoms with E-state index in [1.54, 1.807) is 24.3 Å². The number of anilines is 2. The molecule has 0 spiro atoms.